The van der Waals surface area contributed by atoms with Crippen molar-refractivity contribution >= 4 is 17.5 Å². The molecule has 0 spiro atoms. The predicted octanol–water partition coefficient (Wildman–Crippen LogP) is 3.73. The lowest BCUT2D eigenvalue weighted by Crippen LogP contribution is -2.32. The van der Waals surface area contributed by atoms with Gasteiger partial charge in [0.05, 0.1) is 6.04 Å². The van der Waals surface area contributed by atoms with Crippen LogP contribution in [0.4, 0.5) is 14.5 Å². The number of halogens is 2. The zero-order valence-corrected chi connectivity index (χ0v) is 14.4. The highest BCUT2D eigenvalue weighted by Gasteiger charge is 2.26. The fourth-order valence-electron chi connectivity index (χ4n) is 3.13. The van der Waals surface area contributed by atoms with Crippen molar-refractivity contribution < 1.29 is 18.4 Å². The van der Waals surface area contributed by atoms with Crippen molar-refractivity contribution in [1.29, 1.82) is 0 Å². The van der Waals surface area contributed by atoms with Crippen molar-refractivity contribution in [3.63, 3.8) is 0 Å². The number of anilines is 1. The van der Waals surface area contributed by atoms with E-state index in [1.165, 1.54) is 6.07 Å². The maximum Gasteiger partial charge on any atom is 0.227 e. The molecule has 2 aromatic carbocycles. The maximum atomic E-state index is 13.3. The standard InChI is InChI=1S/C20H20F2N2O2/c1-12(13-6-8-16(21)17(22)11-13)23-19(25)9-7-15-10-14-4-2-3-5-18(14)24-20(15)26/h2-6,8,11-12,15H,7,9-10H2,1H3,(H,23,25)(H,24,26)/t12-,15+/m0/s1. The van der Waals surface area contributed by atoms with E-state index in [4.69, 9.17) is 0 Å². The average molecular weight is 358 g/mol. The summed E-state index contributed by atoms with van der Waals surface area (Å²) in [7, 11) is 0. The van der Waals surface area contributed by atoms with Crippen molar-refractivity contribution in [3.05, 3.63) is 65.2 Å². The summed E-state index contributed by atoms with van der Waals surface area (Å²) in [6.45, 7) is 1.70. The Morgan fingerprint density at radius 1 is 1.23 bits per heavy atom. The monoisotopic (exact) mass is 358 g/mol. The average Bonchev–Trinajstić information content (AvgIpc) is 2.62. The highest BCUT2D eigenvalue weighted by atomic mass is 19.2. The van der Waals surface area contributed by atoms with Crippen LogP contribution in [-0.2, 0) is 16.0 Å². The summed E-state index contributed by atoms with van der Waals surface area (Å²) >= 11 is 0. The van der Waals surface area contributed by atoms with Gasteiger partial charge in [-0.2, -0.15) is 0 Å². The number of rotatable bonds is 5. The van der Waals surface area contributed by atoms with Crippen LogP contribution in [0.5, 0.6) is 0 Å². The molecule has 2 aromatic rings. The minimum absolute atomic E-state index is 0.0786. The minimum Gasteiger partial charge on any atom is -0.350 e. The number of nitrogens with one attached hydrogen (secondary N) is 2. The molecule has 2 amide bonds. The molecule has 136 valence electrons. The van der Waals surface area contributed by atoms with Gasteiger partial charge in [-0.3, -0.25) is 9.59 Å². The summed E-state index contributed by atoms with van der Waals surface area (Å²) in [5, 5.41) is 5.62. The van der Waals surface area contributed by atoms with Gasteiger partial charge in [0.15, 0.2) is 11.6 Å². The van der Waals surface area contributed by atoms with Crippen LogP contribution < -0.4 is 10.6 Å². The molecule has 3 rings (SSSR count). The van der Waals surface area contributed by atoms with Gasteiger partial charge < -0.3 is 10.6 Å². The molecule has 1 aliphatic rings. The summed E-state index contributed by atoms with van der Waals surface area (Å²) in [5.41, 5.74) is 2.37. The van der Waals surface area contributed by atoms with E-state index in [9.17, 15) is 18.4 Å². The van der Waals surface area contributed by atoms with Gasteiger partial charge in [0.2, 0.25) is 11.8 Å². The molecule has 1 aliphatic heterocycles. The Kier molecular flexibility index (Phi) is 5.30. The number of hydrogen-bond donors (Lipinski definition) is 2. The molecule has 0 radical (unpaired) electrons. The molecule has 2 atom stereocenters. The van der Waals surface area contributed by atoms with Gasteiger partial charge >= 0.3 is 0 Å². The SMILES string of the molecule is C[C@H](NC(=O)CC[C@@H]1Cc2ccccc2NC1=O)c1ccc(F)c(F)c1. The maximum absolute atomic E-state index is 13.3. The molecule has 2 N–H and O–H groups in total. The molecular weight excluding hydrogens is 338 g/mol. The van der Waals surface area contributed by atoms with E-state index < -0.39 is 17.7 Å². The zero-order valence-electron chi connectivity index (χ0n) is 14.4. The van der Waals surface area contributed by atoms with Crippen LogP contribution in [0, 0.1) is 17.6 Å². The van der Waals surface area contributed by atoms with E-state index in [2.05, 4.69) is 10.6 Å². The van der Waals surface area contributed by atoms with Crippen molar-refractivity contribution in [1.82, 2.24) is 5.32 Å². The molecule has 0 saturated carbocycles. The van der Waals surface area contributed by atoms with Crippen LogP contribution in [0.2, 0.25) is 0 Å². The first kappa shape index (κ1) is 18.0. The predicted molar refractivity (Wildman–Crippen MR) is 94.4 cm³/mol. The number of para-hydroxylation sites is 1. The quantitative estimate of drug-likeness (QED) is 0.856. The van der Waals surface area contributed by atoms with Crippen LogP contribution in [0.1, 0.15) is 36.9 Å². The third-order valence-electron chi connectivity index (χ3n) is 4.65. The van der Waals surface area contributed by atoms with E-state index in [1.807, 2.05) is 24.3 Å². The lowest BCUT2D eigenvalue weighted by atomic mass is 9.89. The van der Waals surface area contributed by atoms with Crippen LogP contribution >= 0.6 is 0 Å². The number of fused-ring (bicyclic) bond motifs is 1. The fraction of sp³-hybridized carbons (Fsp3) is 0.300. The molecular formula is C20H20F2N2O2. The third kappa shape index (κ3) is 4.07. The second-order valence-corrected chi connectivity index (χ2v) is 6.55. The largest absolute Gasteiger partial charge is 0.350 e. The molecule has 0 aromatic heterocycles. The Hall–Kier alpha value is -2.76. The number of carbonyl (C=O) groups is 2. The smallest absolute Gasteiger partial charge is 0.227 e. The van der Waals surface area contributed by atoms with Crippen molar-refractivity contribution in [2.75, 3.05) is 5.32 Å². The summed E-state index contributed by atoms with van der Waals surface area (Å²) < 4.78 is 26.3. The molecule has 26 heavy (non-hydrogen) atoms. The van der Waals surface area contributed by atoms with Crippen molar-refractivity contribution in [2.45, 2.75) is 32.2 Å². The van der Waals surface area contributed by atoms with Crippen molar-refractivity contribution in [3.8, 4) is 0 Å². The highest BCUT2D eigenvalue weighted by molar-refractivity contribution is 5.96. The van der Waals surface area contributed by atoms with Crippen LogP contribution in [0.25, 0.3) is 0 Å². The Bertz CT molecular complexity index is 838. The number of benzene rings is 2. The Morgan fingerprint density at radius 3 is 2.77 bits per heavy atom. The first-order chi connectivity index (χ1) is 12.4. The Labute approximate surface area is 150 Å². The van der Waals surface area contributed by atoms with Gasteiger partial charge in [-0.15, -0.1) is 0 Å². The minimum atomic E-state index is -0.943. The van der Waals surface area contributed by atoms with Gasteiger partial charge in [-0.1, -0.05) is 24.3 Å². The molecule has 0 fully saturated rings. The molecule has 0 bridgehead atoms. The van der Waals surface area contributed by atoms with Gasteiger partial charge in [-0.25, -0.2) is 8.78 Å². The number of carbonyl (C=O) groups excluding carboxylic acids is 2. The number of hydrogen-bond acceptors (Lipinski definition) is 2. The summed E-state index contributed by atoms with van der Waals surface area (Å²) in [6, 6.07) is 10.7. The lowest BCUT2D eigenvalue weighted by Gasteiger charge is -2.24. The Morgan fingerprint density at radius 2 is 2.00 bits per heavy atom. The van der Waals surface area contributed by atoms with Gasteiger partial charge in [0.1, 0.15) is 0 Å². The lowest BCUT2D eigenvalue weighted by molar-refractivity contribution is -0.123. The van der Waals surface area contributed by atoms with Crippen LogP contribution in [0.15, 0.2) is 42.5 Å². The Balaban J connectivity index is 1.54. The van der Waals surface area contributed by atoms with Gasteiger partial charge in [-0.05, 0) is 49.1 Å². The molecule has 1 heterocycles. The van der Waals surface area contributed by atoms with Gasteiger partial charge in [0.25, 0.3) is 0 Å². The topological polar surface area (TPSA) is 58.2 Å². The normalized spacial score (nSPS) is 17.2. The van der Waals surface area contributed by atoms with E-state index in [-0.39, 0.29) is 24.2 Å². The second-order valence-electron chi connectivity index (χ2n) is 6.55. The first-order valence-electron chi connectivity index (χ1n) is 8.57. The molecule has 4 nitrogen and oxygen atoms in total. The molecule has 0 aliphatic carbocycles. The fourth-order valence-corrected chi connectivity index (χ4v) is 3.13. The van der Waals surface area contributed by atoms with Crippen LogP contribution in [-0.4, -0.2) is 11.8 Å². The van der Waals surface area contributed by atoms with Crippen LogP contribution in [0.3, 0.4) is 0 Å². The zero-order chi connectivity index (χ0) is 18.7. The van der Waals surface area contributed by atoms with Crippen molar-refractivity contribution in [2.24, 2.45) is 5.92 Å². The van der Waals surface area contributed by atoms with E-state index >= 15 is 0 Å². The summed E-state index contributed by atoms with van der Waals surface area (Å²) in [5.74, 6) is -2.43. The van der Waals surface area contributed by atoms with E-state index in [0.29, 0.717) is 18.4 Å². The summed E-state index contributed by atoms with van der Waals surface area (Å²) in [6.07, 6.45) is 1.22. The summed E-state index contributed by atoms with van der Waals surface area (Å²) in [4.78, 5) is 24.3. The van der Waals surface area contributed by atoms with E-state index in [1.54, 1.807) is 6.92 Å². The van der Waals surface area contributed by atoms with E-state index in [0.717, 1.165) is 23.4 Å². The molecule has 6 heteroatoms. The van der Waals surface area contributed by atoms with Gasteiger partial charge in [0, 0.05) is 18.0 Å². The molecule has 0 unspecified atom stereocenters. The second kappa shape index (κ2) is 7.64. The highest BCUT2D eigenvalue weighted by Crippen LogP contribution is 2.27. The molecule has 0 saturated heterocycles. The number of amides is 2. The third-order valence-corrected chi connectivity index (χ3v) is 4.65. The first-order valence-corrected chi connectivity index (χ1v) is 8.57.